The van der Waals surface area contributed by atoms with Crippen molar-refractivity contribution in [3.05, 3.63) is 72.2 Å². The van der Waals surface area contributed by atoms with Crippen LogP contribution in [0.3, 0.4) is 0 Å². The van der Waals surface area contributed by atoms with Crippen LogP contribution in [0.15, 0.2) is 55.2 Å². The molecule has 1 saturated heterocycles. The first-order valence-electron chi connectivity index (χ1n) is 11.0. The van der Waals surface area contributed by atoms with E-state index in [0.717, 1.165) is 59.3 Å². The van der Waals surface area contributed by atoms with Crippen molar-refractivity contribution in [3.8, 4) is 11.3 Å². The van der Waals surface area contributed by atoms with Crippen LogP contribution >= 0.6 is 0 Å². The average Bonchev–Trinajstić information content (AvgIpc) is 3.25. The first kappa shape index (κ1) is 20.5. The van der Waals surface area contributed by atoms with Crippen LogP contribution in [0.4, 0.5) is 0 Å². The van der Waals surface area contributed by atoms with Crippen LogP contribution < -0.4 is 0 Å². The van der Waals surface area contributed by atoms with Gasteiger partial charge in [0, 0.05) is 65.7 Å². The Morgan fingerprint density at radius 2 is 1.81 bits per heavy atom. The van der Waals surface area contributed by atoms with Crippen LogP contribution in [0.2, 0.25) is 0 Å². The summed E-state index contributed by atoms with van der Waals surface area (Å²) in [7, 11) is 4.03. The number of aromatic nitrogens is 5. The number of piperidine rings is 1. The number of ketones is 1. The number of likely N-dealkylation sites (tertiary alicyclic amines) is 1. The van der Waals surface area contributed by atoms with Gasteiger partial charge in [0.1, 0.15) is 0 Å². The Labute approximate surface area is 187 Å². The quantitative estimate of drug-likeness (QED) is 0.453. The van der Waals surface area contributed by atoms with Gasteiger partial charge in [-0.15, -0.1) is 0 Å². The van der Waals surface area contributed by atoms with E-state index >= 15 is 0 Å². The van der Waals surface area contributed by atoms with Crippen LogP contribution in [0, 0.1) is 0 Å². The van der Waals surface area contributed by atoms with E-state index in [9.17, 15) is 4.79 Å². The van der Waals surface area contributed by atoms with Crippen molar-refractivity contribution in [1.29, 1.82) is 0 Å². The number of fused-ring (bicyclic) bond motifs is 1. The number of carbonyl (C=O) groups excluding carboxylic acids is 1. The van der Waals surface area contributed by atoms with Crippen molar-refractivity contribution in [2.45, 2.75) is 25.2 Å². The molecule has 1 aliphatic rings. The van der Waals surface area contributed by atoms with Crippen LogP contribution in [0.25, 0.3) is 22.0 Å². The molecule has 32 heavy (non-hydrogen) atoms. The van der Waals surface area contributed by atoms with E-state index in [1.807, 2.05) is 43.7 Å². The Morgan fingerprint density at radius 3 is 2.59 bits per heavy atom. The van der Waals surface area contributed by atoms with Gasteiger partial charge in [-0.3, -0.25) is 24.4 Å². The average molecular weight is 427 g/mol. The Kier molecular flexibility index (Phi) is 5.49. The SMILES string of the molecule is CN1CCC(c2cc(C(=O)Cc3cc4cc(-c5cnn(C)c5)ncc4cn3)ccn2)CC1. The maximum absolute atomic E-state index is 13.0. The lowest BCUT2D eigenvalue weighted by molar-refractivity contribution is 0.0991. The van der Waals surface area contributed by atoms with E-state index < -0.39 is 0 Å². The van der Waals surface area contributed by atoms with E-state index in [1.165, 1.54) is 0 Å². The first-order valence-corrected chi connectivity index (χ1v) is 11.0. The molecular weight excluding hydrogens is 400 g/mol. The molecule has 0 N–H and O–H groups in total. The second-order valence-corrected chi connectivity index (χ2v) is 8.64. The highest BCUT2D eigenvalue weighted by atomic mass is 16.1. The van der Waals surface area contributed by atoms with Gasteiger partial charge in [-0.25, -0.2) is 0 Å². The van der Waals surface area contributed by atoms with Gasteiger partial charge in [-0.1, -0.05) is 0 Å². The van der Waals surface area contributed by atoms with Gasteiger partial charge in [-0.2, -0.15) is 5.10 Å². The predicted molar refractivity (Wildman–Crippen MR) is 123 cm³/mol. The van der Waals surface area contributed by atoms with E-state index in [0.29, 0.717) is 11.5 Å². The van der Waals surface area contributed by atoms with Gasteiger partial charge >= 0.3 is 0 Å². The Balaban J connectivity index is 1.36. The summed E-state index contributed by atoms with van der Waals surface area (Å²) in [5.41, 5.74) is 4.31. The highest BCUT2D eigenvalue weighted by Gasteiger charge is 2.20. The highest BCUT2D eigenvalue weighted by Crippen LogP contribution is 2.27. The zero-order valence-electron chi connectivity index (χ0n) is 18.4. The predicted octanol–water partition coefficient (Wildman–Crippen LogP) is 3.66. The van der Waals surface area contributed by atoms with Crippen molar-refractivity contribution in [3.63, 3.8) is 0 Å². The van der Waals surface area contributed by atoms with Crippen molar-refractivity contribution in [2.75, 3.05) is 20.1 Å². The molecule has 0 bridgehead atoms. The summed E-state index contributed by atoms with van der Waals surface area (Å²) in [4.78, 5) is 28.9. The summed E-state index contributed by atoms with van der Waals surface area (Å²) in [6.45, 7) is 2.14. The van der Waals surface area contributed by atoms with Crippen molar-refractivity contribution >= 4 is 16.6 Å². The lowest BCUT2D eigenvalue weighted by atomic mass is 9.92. The number of hydrogen-bond acceptors (Lipinski definition) is 6. The van der Waals surface area contributed by atoms with Crippen LogP contribution in [-0.2, 0) is 13.5 Å². The van der Waals surface area contributed by atoms with Gasteiger partial charge < -0.3 is 4.90 Å². The third-order valence-electron chi connectivity index (χ3n) is 6.24. The normalized spacial score (nSPS) is 15.3. The summed E-state index contributed by atoms with van der Waals surface area (Å²) >= 11 is 0. The molecule has 0 radical (unpaired) electrons. The molecule has 1 aliphatic heterocycles. The summed E-state index contributed by atoms with van der Waals surface area (Å²) in [6.07, 6.45) is 11.5. The lowest BCUT2D eigenvalue weighted by Crippen LogP contribution is -2.29. The second kappa shape index (κ2) is 8.59. The number of pyridine rings is 3. The van der Waals surface area contributed by atoms with Gasteiger partial charge in [-0.05, 0) is 62.6 Å². The van der Waals surface area contributed by atoms with Gasteiger partial charge in [0.25, 0.3) is 0 Å². The summed E-state index contributed by atoms with van der Waals surface area (Å²) in [5, 5.41) is 6.18. The molecule has 0 aliphatic carbocycles. The summed E-state index contributed by atoms with van der Waals surface area (Å²) in [6, 6.07) is 7.79. The topological polar surface area (TPSA) is 76.8 Å². The number of carbonyl (C=O) groups is 1. The smallest absolute Gasteiger partial charge is 0.168 e. The van der Waals surface area contributed by atoms with Crippen molar-refractivity contribution < 1.29 is 4.79 Å². The summed E-state index contributed by atoms with van der Waals surface area (Å²) in [5.74, 6) is 0.492. The fourth-order valence-electron chi connectivity index (χ4n) is 4.31. The fourth-order valence-corrected chi connectivity index (χ4v) is 4.31. The highest BCUT2D eigenvalue weighted by molar-refractivity contribution is 5.97. The number of rotatable bonds is 5. The van der Waals surface area contributed by atoms with Gasteiger partial charge in [0.05, 0.1) is 18.3 Å². The minimum atomic E-state index is 0.0648. The van der Waals surface area contributed by atoms with E-state index in [2.05, 4.69) is 32.0 Å². The summed E-state index contributed by atoms with van der Waals surface area (Å²) < 4.78 is 1.76. The molecule has 5 rings (SSSR count). The first-order chi connectivity index (χ1) is 15.5. The van der Waals surface area contributed by atoms with Crippen LogP contribution in [0.1, 0.15) is 40.5 Å². The molecule has 5 heterocycles. The number of Topliss-reactive ketones (excluding diaryl/α,β-unsaturated/α-hetero) is 1. The van der Waals surface area contributed by atoms with Gasteiger partial charge in [0.15, 0.2) is 5.78 Å². The second-order valence-electron chi connectivity index (χ2n) is 8.64. The molecule has 7 nitrogen and oxygen atoms in total. The van der Waals surface area contributed by atoms with E-state index in [4.69, 9.17) is 0 Å². The Bertz CT molecular complexity index is 1270. The lowest BCUT2D eigenvalue weighted by Gasteiger charge is -2.28. The molecule has 0 saturated carbocycles. The largest absolute Gasteiger partial charge is 0.306 e. The van der Waals surface area contributed by atoms with Crippen molar-refractivity contribution in [2.24, 2.45) is 7.05 Å². The van der Waals surface area contributed by atoms with Crippen LogP contribution in [0.5, 0.6) is 0 Å². The minimum Gasteiger partial charge on any atom is -0.306 e. The maximum Gasteiger partial charge on any atom is 0.168 e. The third-order valence-corrected chi connectivity index (χ3v) is 6.24. The molecule has 162 valence electrons. The molecule has 7 heteroatoms. The van der Waals surface area contributed by atoms with E-state index in [-0.39, 0.29) is 12.2 Å². The van der Waals surface area contributed by atoms with E-state index in [1.54, 1.807) is 23.3 Å². The molecule has 0 aromatic carbocycles. The molecular formula is C25H26N6O. The zero-order valence-corrected chi connectivity index (χ0v) is 18.4. The van der Waals surface area contributed by atoms with Gasteiger partial charge in [0.2, 0.25) is 0 Å². The number of nitrogens with zero attached hydrogens (tertiary/aromatic N) is 6. The monoisotopic (exact) mass is 426 g/mol. The molecule has 0 amide bonds. The maximum atomic E-state index is 13.0. The fraction of sp³-hybridized carbons (Fsp3) is 0.320. The molecule has 4 aromatic rings. The number of hydrogen-bond donors (Lipinski definition) is 0. The molecule has 0 spiro atoms. The molecule has 0 unspecified atom stereocenters. The molecule has 1 fully saturated rings. The van der Waals surface area contributed by atoms with Crippen molar-refractivity contribution in [1.82, 2.24) is 29.6 Å². The standard InChI is InChI=1S/C25H26N6O/c1-30-7-4-17(5-8-30)23-10-18(3-6-26-23)25(32)12-22-9-19-11-24(21-15-29-31(2)16-21)28-14-20(19)13-27-22/h3,6,9-11,13-17H,4-5,7-8,12H2,1-2H3. The Morgan fingerprint density at radius 1 is 1.00 bits per heavy atom. The zero-order chi connectivity index (χ0) is 22.1. The number of aryl methyl sites for hydroxylation is 1. The Hall–Kier alpha value is -3.45. The third kappa shape index (κ3) is 4.29. The molecule has 0 atom stereocenters. The van der Waals surface area contributed by atoms with Crippen LogP contribution in [-0.4, -0.2) is 55.6 Å². The minimum absolute atomic E-state index is 0.0648. The molecule has 4 aromatic heterocycles.